The number of hydrogen-bond donors (Lipinski definition) is 0. The van der Waals surface area contributed by atoms with Crippen LogP contribution in [0.25, 0.3) is 0 Å². The predicted molar refractivity (Wildman–Crippen MR) is 100 cm³/mol. The van der Waals surface area contributed by atoms with Gasteiger partial charge in [-0.2, -0.15) is 0 Å². The first-order valence-electron chi connectivity index (χ1n) is 9.59. The molecule has 136 valence electrons. The third-order valence-corrected chi connectivity index (χ3v) is 6.26. The largest absolute Gasteiger partial charge is 0.497 e. The van der Waals surface area contributed by atoms with Crippen LogP contribution in [0.15, 0.2) is 30.4 Å². The van der Waals surface area contributed by atoms with E-state index >= 15 is 0 Å². The Balaban J connectivity index is 1.28. The Morgan fingerprint density at radius 2 is 1.76 bits per heavy atom. The monoisotopic (exact) mass is 342 g/mol. The Labute approximate surface area is 151 Å². The maximum absolute atomic E-state index is 5.54. The van der Waals surface area contributed by atoms with E-state index in [1.165, 1.54) is 38.0 Å². The molecule has 1 aliphatic heterocycles. The van der Waals surface area contributed by atoms with Gasteiger partial charge in [0.25, 0.3) is 0 Å². The highest BCUT2D eigenvalue weighted by atomic mass is 16.5. The molecule has 0 aromatic heterocycles. The van der Waals surface area contributed by atoms with Gasteiger partial charge >= 0.3 is 0 Å². The number of hydrogen-bond acceptors (Lipinski definition) is 4. The molecule has 1 saturated heterocycles. The summed E-state index contributed by atoms with van der Waals surface area (Å²) in [7, 11) is 3.43. The SMILES string of the molecule is COc1ccc(CN2CCN(C[C@@H]3C[C@H]4C=C[C@H]3C4)CC2)c(OC)c1. The van der Waals surface area contributed by atoms with Crippen molar-refractivity contribution in [2.75, 3.05) is 46.9 Å². The molecule has 1 saturated carbocycles. The van der Waals surface area contributed by atoms with Crippen LogP contribution < -0.4 is 9.47 Å². The molecule has 0 radical (unpaired) electrons. The van der Waals surface area contributed by atoms with Crippen molar-refractivity contribution in [1.29, 1.82) is 0 Å². The summed E-state index contributed by atoms with van der Waals surface area (Å²) in [5, 5.41) is 0. The van der Waals surface area contributed by atoms with E-state index in [-0.39, 0.29) is 0 Å². The first-order valence-corrected chi connectivity index (χ1v) is 9.59. The summed E-state index contributed by atoms with van der Waals surface area (Å²) in [5.74, 6) is 4.44. The van der Waals surface area contributed by atoms with Crippen molar-refractivity contribution < 1.29 is 9.47 Å². The standard InChI is InChI=1S/C21H30N2O2/c1-24-20-6-5-18(21(13-20)25-2)14-22-7-9-23(10-8-22)15-19-12-16-3-4-17(19)11-16/h3-6,13,16-17,19H,7-12,14-15H2,1-2H3/t16-,17-,19-/m0/s1. The molecule has 2 aliphatic carbocycles. The van der Waals surface area contributed by atoms with E-state index in [0.717, 1.165) is 48.9 Å². The molecule has 1 aromatic carbocycles. The molecule has 3 aliphatic rings. The van der Waals surface area contributed by atoms with Gasteiger partial charge in [-0.1, -0.05) is 18.2 Å². The highest BCUT2D eigenvalue weighted by Crippen LogP contribution is 2.43. The molecular formula is C21H30N2O2. The van der Waals surface area contributed by atoms with Crippen LogP contribution in [0.3, 0.4) is 0 Å². The number of benzene rings is 1. The normalized spacial score (nSPS) is 29.3. The Morgan fingerprint density at radius 3 is 2.40 bits per heavy atom. The molecule has 4 rings (SSSR count). The van der Waals surface area contributed by atoms with E-state index in [1.54, 1.807) is 14.2 Å². The van der Waals surface area contributed by atoms with E-state index in [2.05, 4.69) is 28.0 Å². The van der Waals surface area contributed by atoms with Crippen molar-refractivity contribution in [3.8, 4) is 11.5 Å². The number of ether oxygens (including phenoxy) is 2. The van der Waals surface area contributed by atoms with Crippen LogP contribution in [0, 0.1) is 17.8 Å². The first-order chi connectivity index (χ1) is 12.2. The maximum atomic E-state index is 5.54. The molecule has 25 heavy (non-hydrogen) atoms. The van der Waals surface area contributed by atoms with Crippen LogP contribution in [-0.2, 0) is 6.54 Å². The molecule has 1 heterocycles. The minimum atomic E-state index is 0.852. The Hall–Kier alpha value is -1.52. The Bertz CT molecular complexity index is 622. The van der Waals surface area contributed by atoms with Gasteiger partial charge in [-0.3, -0.25) is 4.90 Å². The molecule has 1 aromatic rings. The minimum absolute atomic E-state index is 0.852. The van der Waals surface area contributed by atoms with E-state index < -0.39 is 0 Å². The lowest BCUT2D eigenvalue weighted by atomic mass is 9.93. The summed E-state index contributed by atoms with van der Waals surface area (Å²) < 4.78 is 10.8. The smallest absolute Gasteiger partial charge is 0.127 e. The van der Waals surface area contributed by atoms with Crippen LogP contribution >= 0.6 is 0 Å². The molecule has 4 heteroatoms. The van der Waals surface area contributed by atoms with Crippen molar-refractivity contribution in [2.45, 2.75) is 19.4 Å². The molecule has 2 fully saturated rings. The summed E-state index contributed by atoms with van der Waals surface area (Å²) in [5.41, 5.74) is 1.25. The first kappa shape index (κ1) is 16.9. The van der Waals surface area contributed by atoms with Gasteiger partial charge in [0.15, 0.2) is 0 Å². The van der Waals surface area contributed by atoms with Gasteiger partial charge in [-0.25, -0.2) is 0 Å². The Kier molecular flexibility index (Phi) is 5.00. The van der Waals surface area contributed by atoms with Crippen LogP contribution in [0.1, 0.15) is 18.4 Å². The van der Waals surface area contributed by atoms with Crippen LogP contribution in [0.5, 0.6) is 11.5 Å². The average molecular weight is 342 g/mol. The van der Waals surface area contributed by atoms with Crippen LogP contribution in [0.4, 0.5) is 0 Å². The van der Waals surface area contributed by atoms with Crippen molar-refractivity contribution in [3.63, 3.8) is 0 Å². The number of methoxy groups -OCH3 is 2. The second-order valence-electron chi connectivity index (χ2n) is 7.79. The summed E-state index contributed by atoms with van der Waals surface area (Å²) in [6, 6.07) is 6.14. The van der Waals surface area contributed by atoms with Crippen molar-refractivity contribution in [2.24, 2.45) is 17.8 Å². The number of piperazine rings is 1. The van der Waals surface area contributed by atoms with Gasteiger partial charge in [-0.05, 0) is 36.7 Å². The molecular weight excluding hydrogens is 312 g/mol. The fraction of sp³-hybridized carbons (Fsp3) is 0.619. The van der Waals surface area contributed by atoms with Crippen LogP contribution in [0.2, 0.25) is 0 Å². The van der Waals surface area contributed by atoms with E-state index in [4.69, 9.17) is 9.47 Å². The van der Waals surface area contributed by atoms with E-state index in [9.17, 15) is 0 Å². The molecule has 0 spiro atoms. The van der Waals surface area contributed by atoms with E-state index in [0.29, 0.717) is 0 Å². The number of fused-ring (bicyclic) bond motifs is 2. The fourth-order valence-corrected chi connectivity index (χ4v) is 4.79. The lowest BCUT2D eigenvalue weighted by molar-refractivity contribution is 0.108. The lowest BCUT2D eigenvalue weighted by Gasteiger charge is -2.37. The topological polar surface area (TPSA) is 24.9 Å². The zero-order valence-electron chi connectivity index (χ0n) is 15.5. The van der Waals surface area contributed by atoms with Crippen molar-refractivity contribution >= 4 is 0 Å². The lowest BCUT2D eigenvalue weighted by Crippen LogP contribution is -2.47. The molecule has 4 nitrogen and oxygen atoms in total. The minimum Gasteiger partial charge on any atom is -0.497 e. The quantitative estimate of drug-likeness (QED) is 0.742. The Morgan fingerprint density at radius 1 is 0.960 bits per heavy atom. The fourth-order valence-electron chi connectivity index (χ4n) is 4.79. The maximum Gasteiger partial charge on any atom is 0.127 e. The van der Waals surface area contributed by atoms with Gasteiger partial charge < -0.3 is 14.4 Å². The van der Waals surface area contributed by atoms with Crippen LogP contribution in [-0.4, -0.2) is 56.7 Å². The summed E-state index contributed by atoms with van der Waals surface area (Å²) in [6.45, 7) is 6.92. The zero-order chi connectivity index (χ0) is 17.2. The van der Waals surface area contributed by atoms with Gasteiger partial charge in [0, 0.05) is 50.9 Å². The number of allylic oxidation sites excluding steroid dienone is 2. The van der Waals surface area contributed by atoms with Crippen molar-refractivity contribution in [3.05, 3.63) is 35.9 Å². The molecule has 0 unspecified atom stereocenters. The average Bonchev–Trinajstić information content (AvgIpc) is 3.26. The second kappa shape index (κ2) is 7.38. The summed E-state index contributed by atoms with van der Waals surface area (Å²) in [4.78, 5) is 5.22. The highest BCUT2D eigenvalue weighted by Gasteiger charge is 2.36. The number of rotatable bonds is 6. The van der Waals surface area contributed by atoms with Gasteiger partial charge in [0.05, 0.1) is 14.2 Å². The summed E-state index contributed by atoms with van der Waals surface area (Å²) >= 11 is 0. The van der Waals surface area contributed by atoms with Crippen molar-refractivity contribution in [1.82, 2.24) is 9.80 Å². The molecule has 0 amide bonds. The van der Waals surface area contributed by atoms with Gasteiger partial charge in [0.1, 0.15) is 11.5 Å². The molecule has 0 N–H and O–H groups in total. The predicted octanol–water partition coefficient (Wildman–Crippen LogP) is 3.03. The van der Waals surface area contributed by atoms with Gasteiger partial charge in [-0.15, -0.1) is 0 Å². The third-order valence-electron chi connectivity index (χ3n) is 6.26. The highest BCUT2D eigenvalue weighted by molar-refractivity contribution is 5.40. The van der Waals surface area contributed by atoms with E-state index in [1.807, 2.05) is 12.1 Å². The third kappa shape index (κ3) is 3.70. The molecule has 3 atom stereocenters. The number of nitrogens with zero attached hydrogens (tertiary/aromatic N) is 2. The molecule has 2 bridgehead atoms. The second-order valence-corrected chi connectivity index (χ2v) is 7.79. The zero-order valence-corrected chi connectivity index (χ0v) is 15.5. The van der Waals surface area contributed by atoms with Gasteiger partial charge in [0.2, 0.25) is 0 Å². The summed E-state index contributed by atoms with van der Waals surface area (Å²) in [6.07, 6.45) is 7.76.